The van der Waals surface area contributed by atoms with Crippen LogP contribution in [0.15, 0.2) is 54.6 Å². The number of anilines is 1. The minimum atomic E-state index is -3.37. The van der Waals surface area contributed by atoms with Crippen molar-refractivity contribution in [2.24, 2.45) is 5.41 Å². The van der Waals surface area contributed by atoms with E-state index in [1.165, 1.54) is 0 Å². The van der Waals surface area contributed by atoms with E-state index in [1.807, 2.05) is 75.4 Å². The fourth-order valence-electron chi connectivity index (χ4n) is 2.74. The fraction of sp³-hybridized carbons (Fsp3) is 0.400. The Morgan fingerprint density at radius 2 is 1.81 bits per heavy atom. The molecule has 0 aliphatic carbocycles. The SMILES string of the molecule is CCOc1cccc(NC(c2ccccc2)P2(=O)OCC(C)(C)CO2)c1. The molecule has 0 aromatic heterocycles. The molecule has 0 bridgehead atoms. The minimum Gasteiger partial charge on any atom is -0.494 e. The molecule has 0 saturated carbocycles. The first kappa shape index (κ1) is 19.0. The highest BCUT2D eigenvalue weighted by Gasteiger charge is 2.43. The monoisotopic (exact) mass is 375 g/mol. The van der Waals surface area contributed by atoms with E-state index in [4.69, 9.17) is 13.8 Å². The fourth-order valence-corrected chi connectivity index (χ4v) is 5.01. The van der Waals surface area contributed by atoms with Gasteiger partial charge in [0, 0.05) is 17.2 Å². The highest BCUT2D eigenvalue weighted by Crippen LogP contribution is 2.63. The smallest absolute Gasteiger partial charge is 0.357 e. The van der Waals surface area contributed by atoms with E-state index in [9.17, 15) is 4.57 Å². The van der Waals surface area contributed by atoms with Gasteiger partial charge in [-0.15, -0.1) is 0 Å². The van der Waals surface area contributed by atoms with Crippen LogP contribution in [0.3, 0.4) is 0 Å². The number of hydrogen-bond acceptors (Lipinski definition) is 5. The Morgan fingerprint density at radius 3 is 2.46 bits per heavy atom. The molecule has 0 amide bonds. The molecule has 6 heteroatoms. The third kappa shape index (κ3) is 4.47. The van der Waals surface area contributed by atoms with Crippen molar-refractivity contribution in [3.63, 3.8) is 0 Å². The molecule has 1 fully saturated rings. The molecule has 1 aliphatic rings. The predicted molar refractivity (Wildman–Crippen MR) is 104 cm³/mol. The number of rotatable bonds is 6. The van der Waals surface area contributed by atoms with Crippen molar-refractivity contribution in [1.29, 1.82) is 0 Å². The average Bonchev–Trinajstić information content (AvgIpc) is 2.64. The van der Waals surface area contributed by atoms with Crippen molar-refractivity contribution < 1.29 is 18.3 Å². The summed E-state index contributed by atoms with van der Waals surface area (Å²) >= 11 is 0. The number of ether oxygens (including phenoxy) is 1. The van der Waals surface area contributed by atoms with E-state index >= 15 is 0 Å². The zero-order chi connectivity index (χ0) is 18.6. The largest absolute Gasteiger partial charge is 0.494 e. The van der Waals surface area contributed by atoms with E-state index in [0.29, 0.717) is 19.8 Å². The first-order valence-corrected chi connectivity index (χ1v) is 10.5. The summed E-state index contributed by atoms with van der Waals surface area (Å²) in [6.45, 7) is 7.39. The van der Waals surface area contributed by atoms with E-state index in [1.54, 1.807) is 0 Å². The second kappa shape index (κ2) is 7.83. The topological polar surface area (TPSA) is 56.8 Å². The van der Waals surface area contributed by atoms with Crippen LogP contribution in [0.25, 0.3) is 0 Å². The second-order valence-electron chi connectivity index (χ2n) is 7.17. The first-order valence-electron chi connectivity index (χ1n) is 8.85. The van der Waals surface area contributed by atoms with Crippen molar-refractivity contribution in [2.45, 2.75) is 26.6 Å². The molecule has 1 atom stereocenters. The van der Waals surface area contributed by atoms with Crippen LogP contribution in [0.5, 0.6) is 5.75 Å². The quantitative estimate of drug-likeness (QED) is 0.679. The van der Waals surface area contributed by atoms with Gasteiger partial charge in [-0.25, -0.2) is 0 Å². The Balaban J connectivity index is 1.90. The molecule has 1 aliphatic heterocycles. The first-order chi connectivity index (χ1) is 12.4. The van der Waals surface area contributed by atoms with Gasteiger partial charge in [0.15, 0.2) is 5.78 Å². The number of benzene rings is 2. The van der Waals surface area contributed by atoms with Crippen molar-refractivity contribution in [3.05, 3.63) is 60.2 Å². The van der Waals surface area contributed by atoms with Crippen LogP contribution in [-0.2, 0) is 13.6 Å². The van der Waals surface area contributed by atoms with Gasteiger partial charge in [0.1, 0.15) is 5.75 Å². The number of hydrogen-bond donors (Lipinski definition) is 1. The maximum atomic E-state index is 13.5. The lowest BCUT2D eigenvalue weighted by Gasteiger charge is -2.38. The Bertz CT molecular complexity index is 764. The van der Waals surface area contributed by atoms with Gasteiger partial charge in [0.2, 0.25) is 0 Å². The molecule has 0 spiro atoms. The maximum Gasteiger partial charge on any atom is 0.357 e. The van der Waals surface area contributed by atoms with Crippen LogP contribution in [0.1, 0.15) is 32.1 Å². The summed E-state index contributed by atoms with van der Waals surface area (Å²) in [5, 5.41) is 3.34. The molecule has 1 unspecified atom stereocenters. The van der Waals surface area contributed by atoms with E-state index in [2.05, 4.69) is 5.32 Å². The van der Waals surface area contributed by atoms with Gasteiger partial charge < -0.3 is 19.1 Å². The molecule has 1 saturated heterocycles. The van der Waals surface area contributed by atoms with E-state index < -0.39 is 13.4 Å². The molecular formula is C20H26NO4P. The van der Waals surface area contributed by atoms with Crippen molar-refractivity contribution in [2.75, 3.05) is 25.1 Å². The second-order valence-corrected chi connectivity index (χ2v) is 9.28. The molecule has 1 heterocycles. The summed E-state index contributed by atoms with van der Waals surface area (Å²) in [4.78, 5) is 0. The van der Waals surface area contributed by atoms with E-state index in [0.717, 1.165) is 17.0 Å². The Labute approximate surface area is 155 Å². The summed E-state index contributed by atoms with van der Waals surface area (Å²) in [6, 6.07) is 17.2. The minimum absolute atomic E-state index is 0.149. The summed E-state index contributed by atoms with van der Waals surface area (Å²) in [5.41, 5.74) is 1.51. The zero-order valence-corrected chi connectivity index (χ0v) is 16.4. The molecule has 26 heavy (non-hydrogen) atoms. The molecule has 0 radical (unpaired) electrons. The molecule has 2 aromatic rings. The van der Waals surface area contributed by atoms with Crippen LogP contribution in [0.2, 0.25) is 0 Å². The number of nitrogens with one attached hydrogen (secondary N) is 1. The lowest BCUT2D eigenvalue weighted by atomic mass is 9.97. The summed E-state index contributed by atoms with van der Waals surface area (Å²) in [6.07, 6.45) is 0. The van der Waals surface area contributed by atoms with Crippen LogP contribution in [-0.4, -0.2) is 19.8 Å². The highest BCUT2D eigenvalue weighted by atomic mass is 31.2. The summed E-state index contributed by atoms with van der Waals surface area (Å²) < 4.78 is 30.6. The van der Waals surface area contributed by atoms with Crippen LogP contribution >= 0.6 is 7.60 Å². The third-order valence-electron chi connectivity index (χ3n) is 4.15. The van der Waals surface area contributed by atoms with Gasteiger partial charge in [0.05, 0.1) is 19.8 Å². The van der Waals surface area contributed by atoms with Gasteiger partial charge in [-0.05, 0) is 24.6 Å². The Kier molecular flexibility index (Phi) is 5.71. The molecule has 1 N–H and O–H groups in total. The molecule has 5 nitrogen and oxygen atoms in total. The highest BCUT2D eigenvalue weighted by molar-refractivity contribution is 7.54. The van der Waals surface area contributed by atoms with Gasteiger partial charge in [-0.1, -0.05) is 50.2 Å². The molecule has 2 aromatic carbocycles. The third-order valence-corrected chi connectivity index (χ3v) is 6.19. The van der Waals surface area contributed by atoms with Crippen LogP contribution in [0.4, 0.5) is 5.69 Å². The molecular weight excluding hydrogens is 349 g/mol. The van der Waals surface area contributed by atoms with Crippen LogP contribution < -0.4 is 10.1 Å². The normalized spacial score (nSPS) is 19.5. The predicted octanol–water partition coefficient (Wildman–Crippen LogP) is 5.46. The van der Waals surface area contributed by atoms with Crippen molar-refractivity contribution >= 4 is 13.3 Å². The molecule has 3 rings (SSSR count). The summed E-state index contributed by atoms with van der Waals surface area (Å²) in [7, 11) is -3.37. The Morgan fingerprint density at radius 1 is 1.12 bits per heavy atom. The summed E-state index contributed by atoms with van der Waals surface area (Å²) in [5.74, 6) is 0.172. The Hall–Kier alpha value is -1.81. The molecule has 140 valence electrons. The maximum absolute atomic E-state index is 13.5. The van der Waals surface area contributed by atoms with Crippen molar-refractivity contribution in [3.8, 4) is 5.75 Å². The van der Waals surface area contributed by atoms with Crippen LogP contribution in [0, 0.1) is 5.41 Å². The van der Waals surface area contributed by atoms with Gasteiger partial charge in [0.25, 0.3) is 0 Å². The standard InChI is InChI=1S/C20H26NO4P/c1-4-23-18-12-8-11-17(13-18)21-19(16-9-6-5-7-10-16)26(22)24-14-20(2,3)15-25-26/h5-13,19,21H,4,14-15H2,1-3H3. The van der Waals surface area contributed by atoms with Gasteiger partial charge in [-0.3, -0.25) is 4.57 Å². The van der Waals surface area contributed by atoms with E-state index in [-0.39, 0.29) is 5.41 Å². The lowest BCUT2D eigenvalue weighted by Crippen LogP contribution is -2.31. The van der Waals surface area contributed by atoms with Gasteiger partial charge in [-0.2, -0.15) is 0 Å². The lowest BCUT2D eigenvalue weighted by molar-refractivity contribution is 0.0387. The average molecular weight is 375 g/mol. The van der Waals surface area contributed by atoms with Crippen molar-refractivity contribution in [1.82, 2.24) is 0 Å². The van der Waals surface area contributed by atoms with Gasteiger partial charge >= 0.3 is 7.60 Å². The zero-order valence-electron chi connectivity index (χ0n) is 15.5.